The number of aromatic amines is 2. The van der Waals surface area contributed by atoms with Crippen LogP contribution in [0.1, 0.15) is 70.9 Å². The second-order valence-corrected chi connectivity index (χ2v) is 13.3. The zero-order valence-corrected chi connectivity index (χ0v) is 30.8. The van der Waals surface area contributed by atoms with Crippen LogP contribution in [0.3, 0.4) is 0 Å². The van der Waals surface area contributed by atoms with E-state index >= 15 is 0 Å². The first kappa shape index (κ1) is 42.0. The summed E-state index contributed by atoms with van der Waals surface area (Å²) in [6.45, 7) is 11.1. The zero-order chi connectivity index (χ0) is 35.1. The van der Waals surface area contributed by atoms with Crippen molar-refractivity contribution in [2.45, 2.75) is 78.5 Å². The number of rotatable bonds is 11. The normalized spacial score (nSPS) is 10.4. The highest BCUT2D eigenvalue weighted by molar-refractivity contribution is 7.86. The molecule has 0 aliphatic carbocycles. The van der Waals surface area contributed by atoms with E-state index in [9.17, 15) is 4.79 Å². The Morgan fingerprint density at radius 2 is 1.38 bits per heavy atom. The first-order valence-corrected chi connectivity index (χ1v) is 17.0. The average Bonchev–Trinajstić information content (AvgIpc) is 3.70. The van der Waals surface area contributed by atoms with E-state index in [0.29, 0.717) is 24.7 Å². The smallest absolute Gasteiger partial charge is 0.407 e. The number of unbranched alkanes of at least 4 members (excludes halogenated alkanes) is 3. The number of hydrogen-bond donors (Lipinski definition) is 7. The molecule has 4 aromatic rings. The second kappa shape index (κ2) is 24.1. The number of carbonyl (C=O) groups is 1. The molecule has 0 saturated carbocycles. The first-order chi connectivity index (χ1) is 22.4. The van der Waals surface area contributed by atoms with Gasteiger partial charge in [0.15, 0.2) is 8.90 Å². The maximum Gasteiger partial charge on any atom is 0.407 e. The molecule has 260 valence electrons. The number of thiocarbonyl (C=S) groups is 2. The third-order valence-electron chi connectivity index (χ3n) is 6.13. The fraction of sp³-hybridized carbons (Fsp3) is 0.469. The lowest BCUT2D eigenvalue weighted by Crippen LogP contribution is -2.36. The number of nitrogens with two attached hydrogens (primary N) is 2. The summed E-state index contributed by atoms with van der Waals surface area (Å²) in [6.07, 6.45) is 12.4. The van der Waals surface area contributed by atoms with Gasteiger partial charge < -0.3 is 42.1 Å². The predicted molar refractivity (Wildman–Crippen MR) is 204 cm³/mol. The van der Waals surface area contributed by atoms with Crippen molar-refractivity contribution in [1.82, 2.24) is 35.9 Å². The van der Waals surface area contributed by atoms with Crippen LogP contribution in [-0.2, 0) is 17.8 Å². The summed E-state index contributed by atoms with van der Waals surface area (Å²) in [6, 6.07) is 7.92. The maximum absolute atomic E-state index is 11.5. The third kappa shape index (κ3) is 19.4. The summed E-state index contributed by atoms with van der Waals surface area (Å²) < 4.78 is 5.12. The lowest BCUT2D eigenvalue weighted by molar-refractivity contribution is 0.0527. The van der Waals surface area contributed by atoms with E-state index in [1.807, 2.05) is 57.4 Å². The van der Waals surface area contributed by atoms with Crippen LogP contribution in [0.4, 0.5) is 4.79 Å². The number of nitrogens with zero attached hydrogens (tertiary/aromatic N) is 2. The molecule has 0 aliphatic rings. The van der Waals surface area contributed by atoms with E-state index in [-0.39, 0.29) is 9.88 Å². The van der Waals surface area contributed by atoms with Crippen LogP contribution >= 0.6 is 47.6 Å². The molecular weight excluding hydrogens is 677 g/mol. The van der Waals surface area contributed by atoms with Crippen LogP contribution in [0, 0.1) is 0 Å². The number of amides is 1. The SMILES string of the molecule is CC(C)(C)OC(=O)NCCCCNC(=S)NCc1ccnc2[nH]ccc12.CCCCCN.NCc1ccnc2[nH]ccc12.S=C(Cl)Cl. The van der Waals surface area contributed by atoms with Crippen molar-refractivity contribution in [2.24, 2.45) is 11.5 Å². The summed E-state index contributed by atoms with van der Waals surface area (Å²) in [5.74, 6) is 0. The second-order valence-electron chi connectivity index (χ2n) is 11.1. The Balaban J connectivity index is 0.000000426. The van der Waals surface area contributed by atoms with Gasteiger partial charge in [0.05, 0.1) is 0 Å². The van der Waals surface area contributed by atoms with Crippen LogP contribution in [0.15, 0.2) is 49.1 Å². The minimum absolute atomic E-state index is 0.0556. The van der Waals surface area contributed by atoms with E-state index in [1.165, 1.54) is 19.3 Å². The van der Waals surface area contributed by atoms with Crippen molar-refractivity contribution in [2.75, 3.05) is 19.6 Å². The van der Waals surface area contributed by atoms with E-state index in [4.69, 9.17) is 51.6 Å². The van der Waals surface area contributed by atoms with Gasteiger partial charge in [-0.1, -0.05) is 55.2 Å². The van der Waals surface area contributed by atoms with E-state index in [2.05, 4.69) is 55.0 Å². The van der Waals surface area contributed by atoms with E-state index in [1.54, 1.807) is 12.4 Å². The molecule has 9 N–H and O–H groups in total. The van der Waals surface area contributed by atoms with Crippen molar-refractivity contribution in [1.29, 1.82) is 0 Å². The van der Waals surface area contributed by atoms with Gasteiger partial charge in [-0.2, -0.15) is 0 Å². The monoisotopic (exact) mass is 725 g/mol. The Morgan fingerprint density at radius 3 is 1.87 bits per heavy atom. The van der Waals surface area contributed by atoms with Gasteiger partial charge in [-0.25, -0.2) is 14.8 Å². The van der Waals surface area contributed by atoms with Crippen molar-refractivity contribution in [3.05, 3.63) is 60.2 Å². The van der Waals surface area contributed by atoms with Gasteiger partial charge in [-0.05, 0) is 94.2 Å². The number of aromatic nitrogens is 4. The van der Waals surface area contributed by atoms with Crippen LogP contribution < -0.4 is 27.4 Å². The van der Waals surface area contributed by atoms with Gasteiger partial charge in [-0.3, -0.25) is 0 Å². The molecule has 15 heteroatoms. The lowest BCUT2D eigenvalue weighted by Gasteiger charge is -2.19. The topological polar surface area (TPSA) is 172 Å². The molecule has 0 bridgehead atoms. The van der Waals surface area contributed by atoms with Crippen molar-refractivity contribution < 1.29 is 9.53 Å². The highest BCUT2D eigenvalue weighted by atomic mass is 35.5. The fourth-order valence-corrected chi connectivity index (χ4v) is 4.13. The van der Waals surface area contributed by atoms with E-state index in [0.717, 1.165) is 59.1 Å². The summed E-state index contributed by atoms with van der Waals surface area (Å²) in [4.78, 5) is 26.0. The molecular formula is C32H49Cl2N9O2S2. The van der Waals surface area contributed by atoms with Gasteiger partial charge in [0, 0.05) is 61.7 Å². The number of hydrogen-bond acceptors (Lipinski definition) is 8. The molecule has 4 heterocycles. The number of H-pyrrole nitrogens is 2. The Kier molecular flexibility index (Phi) is 21.5. The number of halogens is 2. The van der Waals surface area contributed by atoms with Crippen molar-refractivity contribution in [3.63, 3.8) is 0 Å². The largest absolute Gasteiger partial charge is 0.444 e. The molecule has 0 spiro atoms. The molecule has 0 saturated heterocycles. The number of carbonyl (C=O) groups excluding carboxylic acids is 1. The predicted octanol–water partition coefficient (Wildman–Crippen LogP) is 6.74. The van der Waals surface area contributed by atoms with Crippen LogP contribution in [-0.4, -0.2) is 60.2 Å². The first-order valence-electron chi connectivity index (χ1n) is 15.5. The molecule has 0 unspecified atom stereocenters. The number of ether oxygens (including phenoxy) is 1. The standard InChI is InChI=1S/C18H27N5O2S.C8H9N3.C5H13N.CCl2S/c1-18(2,3)25-17(24)22-9-5-4-8-21-16(26)23-12-13-6-10-19-15-14(13)7-11-20-15;9-5-6-1-3-10-8-7(6)2-4-11-8;1-2-3-4-5-6;2-1(3)4/h6-7,10-11H,4-5,8-9,12H2,1-3H3,(H,19,20)(H,22,24)(H2,21,23,26);1-4H,5,9H2,(H,10,11);2-6H2,1H3;. The molecule has 0 atom stereocenters. The number of pyridine rings is 2. The van der Waals surface area contributed by atoms with Gasteiger partial charge in [0.25, 0.3) is 0 Å². The molecule has 0 fully saturated rings. The van der Waals surface area contributed by atoms with Gasteiger partial charge >= 0.3 is 6.09 Å². The van der Waals surface area contributed by atoms with Gasteiger partial charge in [-0.15, -0.1) is 0 Å². The quantitative estimate of drug-likeness (QED) is 0.0499. The van der Waals surface area contributed by atoms with Crippen molar-refractivity contribution >= 4 is 84.7 Å². The lowest BCUT2D eigenvalue weighted by atomic mass is 10.2. The van der Waals surface area contributed by atoms with Crippen LogP contribution in [0.25, 0.3) is 22.1 Å². The highest BCUT2D eigenvalue weighted by Crippen LogP contribution is 2.15. The minimum Gasteiger partial charge on any atom is -0.444 e. The Bertz CT molecular complexity index is 1470. The number of alkyl carbamates (subject to hydrolysis) is 1. The summed E-state index contributed by atoms with van der Waals surface area (Å²) in [5, 5.41) is 12.0. The van der Waals surface area contributed by atoms with E-state index < -0.39 is 5.60 Å². The van der Waals surface area contributed by atoms with Crippen LogP contribution in [0.2, 0.25) is 0 Å². The van der Waals surface area contributed by atoms with Gasteiger partial charge in [0.1, 0.15) is 16.9 Å². The van der Waals surface area contributed by atoms with Crippen molar-refractivity contribution in [3.8, 4) is 0 Å². The molecule has 11 nitrogen and oxygen atoms in total. The third-order valence-corrected chi connectivity index (χ3v) is 6.41. The minimum atomic E-state index is -0.468. The molecule has 4 aromatic heterocycles. The summed E-state index contributed by atoms with van der Waals surface area (Å²) >= 11 is 18.9. The molecule has 1 amide bonds. The van der Waals surface area contributed by atoms with Gasteiger partial charge in [0.2, 0.25) is 0 Å². The molecule has 0 aromatic carbocycles. The summed E-state index contributed by atoms with van der Waals surface area (Å²) in [5.41, 5.74) is 14.3. The Morgan fingerprint density at radius 1 is 0.851 bits per heavy atom. The Hall–Kier alpha value is -3.07. The molecule has 0 aliphatic heterocycles. The summed E-state index contributed by atoms with van der Waals surface area (Å²) in [7, 11) is 0. The molecule has 0 radical (unpaired) electrons. The maximum atomic E-state index is 11.5. The molecule has 4 rings (SSSR count). The number of fused-ring (bicyclic) bond motifs is 2. The van der Waals surface area contributed by atoms with Crippen LogP contribution in [0.5, 0.6) is 0 Å². The number of nitrogens with one attached hydrogen (secondary N) is 5. The average molecular weight is 727 g/mol. The molecule has 47 heavy (non-hydrogen) atoms. The Labute approximate surface area is 298 Å². The highest BCUT2D eigenvalue weighted by Gasteiger charge is 2.15. The fourth-order valence-electron chi connectivity index (χ4n) is 3.96. The zero-order valence-electron chi connectivity index (χ0n) is 27.6.